The van der Waals surface area contributed by atoms with Crippen molar-refractivity contribution >= 4 is 16.8 Å². The maximum absolute atomic E-state index is 2.38. The minimum atomic E-state index is 0. The van der Waals surface area contributed by atoms with Gasteiger partial charge in [0.2, 0.25) is 0 Å². The molecule has 2 aromatic carbocycles. The van der Waals surface area contributed by atoms with Gasteiger partial charge in [-0.05, 0) is 173 Å². The molecule has 2 heteroatoms. The molecule has 0 spiro atoms. The van der Waals surface area contributed by atoms with Crippen LogP contribution >= 0.6 is 0 Å². The van der Waals surface area contributed by atoms with E-state index in [-0.39, 0.29) is 24.3 Å². The highest BCUT2D eigenvalue weighted by molar-refractivity contribution is 5.76. The number of fused-ring (bicyclic) bond motifs is 2. The first-order valence-corrected chi connectivity index (χ1v) is 12.2. The van der Waals surface area contributed by atoms with Crippen LogP contribution in [0.25, 0.3) is 0 Å². The van der Waals surface area contributed by atoms with Gasteiger partial charge in [-0.3, -0.25) is 0 Å². The molecule has 0 saturated heterocycles. The quantitative estimate of drug-likeness (QED) is 0.363. The van der Waals surface area contributed by atoms with Crippen molar-refractivity contribution in [1.82, 2.24) is 0 Å². The largest absolute Gasteiger partial charge is 0.0776 e. The molecular formula is C31H48B2. The lowest BCUT2D eigenvalue weighted by Crippen LogP contribution is -2.16. The fourth-order valence-electron chi connectivity index (χ4n) is 5.85. The smallest absolute Gasteiger partial charge is 0 e. The lowest BCUT2D eigenvalue weighted by atomic mass is 9.78. The van der Waals surface area contributed by atoms with Crippen LogP contribution in [-0.2, 0) is 25.7 Å². The molecule has 0 N–H and O–H groups in total. The monoisotopic (exact) mass is 442 g/mol. The molecule has 33 heavy (non-hydrogen) atoms. The van der Waals surface area contributed by atoms with Gasteiger partial charge in [0, 0.05) is 16.8 Å². The van der Waals surface area contributed by atoms with E-state index in [1.165, 1.54) is 60.8 Å². The predicted octanol–water partition coefficient (Wildman–Crippen LogP) is 7.96. The lowest BCUT2D eigenvalue weighted by Gasteiger charge is -2.27. The van der Waals surface area contributed by atoms with Crippen LogP contribution in [0.2, 0.25) is 0 Å². The Hall–Kier alpha value is -1.43. The van der Waals surface area contributed by atoms with E-state index in [0.717, 1.165) is 11.8 Å². The SMILES string of the molecule is C.Cc1c(C)c(C)c2c(c1C)CCC(C)C2.Cc1c(C)c(C)c2c(c1C)CCC(C)C2.[B].[B]. The molecule has 0 bridgehead atoms. The second kappa shape index (κ2) is 12.3. The normalized spacial score (nSPS) is 18.4. The van der Waals surface area contributed by atoms with Gasteiger partial charge in [-0.25, -0.2) is 0 Å². The van der Waals surface area contributed by atoms with E-state index < -0.39 is 0 Å². The van der Waals surface area contributed by atoms with Crippen LogP contribution in [-0.4, -0.2) is 16.8 Å². The molecular weight excluding hydrogens is 394 g/mol. The molecule has 6 radical (unpaired) electrons. The van der Waals surface area contributed by atoms with Crippen LogP contribution in [0.4, 0.5) is 0 Å². The Morgan fingerprint density at radius 1 is 0.424 bits per heavy atom. The molecule has 2 aromatic rings. The van der Waals surface area contributed by atoms with Gasteiger partial charge < -0.3 is 0 Å². The van der Waals surface area contributed by atoms with Crippen molar-refractivity contribution in [1.29, 1.82) is 0 Å². The molecule has 2 unspecified atom stereocenters. The Kier molecular flexibility index (Phi) is 11.8. The molecule has 0 aliphatic heterocycles. The van der Waals surface area contributed by atoms with E-state index >= 15 is 0 Å². The second-order valence-electron chi connectivity index (χ2n) is 10.6. The Balaban J connectivity index is 0.000000569. The minimum absolute atomic E-state index is 0. The fourth-order valence-corrected chi connectivity index (χ4v) is 5.85. The average molecular weight is 442 g/mol. The summed E-state index contributed by atoms with van der Waals surface area (Å²) in [5.41, 5.74) is 18.9. The first kappa shape index (κ1) is 31.6. The maximum atomic E-state index is 2.38. The zero-order chi connectivity index (χ0) is 22.3. The first-order chi connectivity index (χ1) is 14.0. The van der Waals surface area contributed by atoms with Crippen molar-refractivity contribution in [2.45, 2.75) is 115 Å². The van der Waals surface area contributed by atoms with Crippen LogP contribution in [0, 0.1) is 67.2 Å². The van der Waals surface area contributed by atoms with Gasteiger partial charge in [-0.1, -0.05) is 21.3 Å². The molecule has 2 aliphatic carbocycles. The predicted molar refractivity (Wildman–Crippen MR) is 151 cm³/mol. The van der Waals surface area contributed by atoms with Crippen LogP contribution in [0.5, 0.6) is 0 Å². The van der Waals surface area contributed by atoms with Crippen molar-refractivity contribution in [3.8, 4) is 0 Å². The molecule has 0 heterocycles. The molecule has 2 atom stereocenters. The highest BCUT2D eigenvalue weighted by Gasteiger charge is 2.22. The average Bonchev–Trinajstić information content (AvgIpc) is 2.73. The molecule has 4 rings (SSSR count). The van der Waals surface area contributed by atoms with Crippen molar-refractivity contribution in [3.63, 3.8) is 0 Å². The van der Waals surface area contributed by atoms with Crippen molar-refractivity contribution in [2.24, 2.45) is 11.8 Å². The van der Waals surface area contributed by atoms with Crippen molar-refractivity contribution < 1.29 is 0 Å². The summed E-state index contributed by atoms with van der Waals surface area (Å²) in [6.07, 6.45) is 7.92. The number of rotatable bonds is 0. The third kappa shape index (κ3) is 5.98. The van der Waals surface area contributed by atoms with Gasteiger partial charge in [0.15, 0.2) is 0 Å². The summed E-state index contributed by atoms with van der Waals surface area (Å²) in [6.45, 7) is 23.1. The van der Waals surface area contributed by atoms with Crippen LogP contribution in [0.1, 0.15) is 101 Å². The van der Waals surface area contributed by atoms with Gasteiger partial charge in [0.1, 0.15) is 0 Å². The van der Waals surface area contributed by atoms with Gasteiger partial charge in [-0.15, -0.1) is 0 Å². The van der Waals surface area contributed by atoms with E-state index in [4.69, 9.17) is 0 Å². The molecule has 0 nitrogen and oxygen atoms in total. The molecule has 0 aromatic heterocycles. The van der Waals surface area contributed by atoms with Gasteiger partial charge in [0.25, 0.3) is 0 Å². The maximum Gasteiger partial charge on any atom is 0 e. The van der Waals surface area contributed by atoms with E-state index in [1.807, 2.05) is 0 Å². The number of hydrogen-bond donors (Lipinski definition) is 0. The topological polar surface area (TPSA) is 0 Å². The van der Waals surface area contributed by atoms with Crippen LogP contribution in [0.15, 0.2) is 0 Å². The summed E-state index contributed by atoms with van der Waals surface area (Å²) < 4.78 is 0. The standard InChI is InChI=1S/2C15H22.CH4.2B/c2*1-9-6-7-14-12(4)10(2)11(3)13(5)15(14)8-9;;;/h2*9H,6-8H2,1-5H3;1H4;;. The fraction of sp³-hybridized carbons (Fsp3) is 0.613. The lowest BCUT2D eigenvalue weighted by molar-refractivity contribution is 0.497. The Morgan fingerprint density at radius 3 is 0.939 bits per heavy atom. The summed E-state index contributed by atoms with van der Waals surface area (Å²) in [6, 6.07) is 0. The highest BCUT2D eigenvalue weighted by Crippen LogP contribution is 2.35. The molecule has 0 saturated carbocycles. The first-order valence-electron chi connectivity index (χ1n) is 12.2. The number of hydrogen-bond acceptors (Lipinski definition) is 0. The van der Waals surface area contributed by atoms with Crippen LogP contribution < -0.4 is 0 Å². The summed E-state index contributed by atoms with van der Waals surface area (Å²) in [5.74, 6) is 1.75. The van der Waals surface area contributed by atoms with E-state index in [1.54, 1.807) is 44.5 Å². The molecule has 0 fully saturated rings. The summed E-state index contributed by atoms with van der Waals surface area (Å²) in [5, 5.41) is 0. The summed E-state index contributed by atoms with van der Waals surface area (Å²) in [4.78, 5) is 0. The third-order valence-corrected chi connectivity index (χ3v) is 8.79. The van der Waals surface area contributed by atoms with Crippen LogP contribution in [0.3, 0.4) is 0 Å². The van der Waals surface area contributed by atoms with Crippen molar-refractivity contribution in [2.75, 3.05) is 0 Å². The van der Waals surface area contributed by atoms with Crippen molar-refractivity contribution in [3.05, 3.63) is 66.8 Å². The molecule has 178 valence electrons. The molecule has 0 amide bonds. The number of benzene rings is 2. The second-order valence-corrected chi connectivity index (χ2v) is 10.6. The zero-order valence-electron chi connectivity index (χ0n) is 22.6. The van der Waals surface area contributed by atoms with E-state index in [0.29, 0.717) is 0 Å². The van der Waals surface area contributed by atoms with E-state index in [2.05, 4.69) is 69.2 Å². The summed E-state index contributed by atoms with van der Waals surface area (Å²) >= 11 is 0. The Bertz CT molecular complexity index is 889. The Morgan fingerprint density at radius 2 is 0.667 bits per heavy atom. The van der Waals surface area contributed by atoms with Gasteiger partial charge in [0.05, 0.1) is 0 Å². The minimum Gasteiger partial charge on any atom is -0.0776 e. The van der Waals surface area contributed by atoms with Gasteiger partial charge in [-0.2, -0.15) is 0 Å². The molecule has 2 aliphatic rings. The zero-order valence-corrected chi connectivity index (χ0v) is 22.6. The van der Waals surface area contributed by atoms with E-state index in [9.17, 15) is 0 Å². The highest BCUT2D eigenvalue weighted by atomic mass is 14.3. The summed E-state index contributed by atoms with van der Waals surface area (Å²) in [7, 11) is 0. The van der Waals surface area contributed by atoms with Gasteiger partial charge >= 0.3 is 0 Å². The Labute approximate surface area is 210 Å². The third-order valence-electron chi connectivity index (χ3n) is 8.79.